The van der Waals surface area contributed by atoms with Gasteiger partial charge in [0.25, 0.3) is 0 Å². The van der Waals surface area contributed by atoms with E-state index in [0.717, 1.165) is 17.1 Å². The number of anilines is 1. The van der Waals surface area contributed by atoms with E-state index in [1.165, 1.54) is 17.4 Å². The van der Waals surface area contributed by atoms with Crippen molar-refractivity contribution in [3.8, 4) is 5.88 Å². The molecule has 3 aromatic rings. The Kier molecular flexibility index (Phi) is 5.31. The zero-order valence-electron chi connectivity index (χ0n) is 15.3. The summed E-state index contributed by atoms with van der Waals surface area (Å²) in [6.07, 6.45) is -2.07. The van der Waals surface area contributed by atoms with Crippen molar-refractivity contribution in [1.29, 1.82) is 0 Å². The first-order valence-corrected chi connectivity index (χ1v) is 9.73. The summed E-state index contributed by atoms with van der Waals surface area (Å²) < 4.78 is 45.1. The highest BCUT2D eigenvalue weighted by molar-refractivity contribution is 7.11. The number of hydrogen-bond donors (Lipinski definition) is 1. The first-order valence-electron chi connectivity index (χ1n) is 8.91. The molecule has 1 fully saturated rings. The number of aromatic nitrogens is 5. The van der Waals surface area contributed by atoms with E-state index < -0.39 is 12.0 Å². The van der Waals surface area contributed by atoms with Gasteiger partial charge in [0, 0.05) is 29.8 Å². The average Bonchev–Trinajstić information content (AvgIpc) is 3.37. The minimum absolute atomic E-state index is 0.0206. The van der Waals surface area contributed by atoms with Crippen LogP contribution in [0.5, 0.6) is 5.88 Å². The first-order chi connectivity index (χ1) is 13.9. The van der Waals surface area contributed by atoms with Gasteiger partial charge in [-0.2, -0.15) is 18.2 Å². The Morgan fingerprint density at radius 1 is 1.24 bits per heavy atom. The summed E-state index contributed by atoms with van der Waals surface area (Å²) in [5.41, 5.74) is 0.967. The highest BCUT2D eigenvalue weighted by Gasteiger charge is 2.40. The van der Waals surface area contributed by atoms with Crippen molar-refractivity contribution in [2.24, 2.45) is 5.92 Å². The Morgan fingerprint density at radius 2 is 2.10 bits per heavy atom. The molecule has 1 saturated carbocycles. The second-order valence-corrected chi connectivity index (χ2v) is 7.92. The van der Waals surface area contributed by atoms with E-state index in [4.69, 9.17) is 4.74 Å². The lowest BCUT2D eigenvalue weighted by atomic mass is 10.2. The predicted octanol–water partition coefficient (Wildman–Crippen LogP) is 3.84. The van der Waals surface area contributed by atoms with Crippen molar-refractivity contribution in [1.82, 2.24) is 25.1 Å². The molecule has 0 aromatic carbocycles. The molecule has 11 heteroatoms. The van der Waals surface area contributed by atoms with Crippen LogP contribution < -0.4 is 10.1 Å². The fourth-order valence-corrected chi connectivity index (χ4v) is 3.52. The molecule has 0 spiro atoms. The van der Waals surface area contributed by atoms with Crippen LogP contribution in [-0.2, 0) is 12.7 Å². The van der Waals surface area contributed by atoms with Crippen LogP contribution in [0.3, 0.4) is 0 Å². The normalized spacial score (nSPS) is 18.5. The number of nitrogens with zero attached hydrogens (tertiary/aromatic N) is 5. The summed E-state index contributed by atoms with van der Waals surface area (Å²) in [7, 11) is 0. The average molecular weight is 422 g/mol. The zero-order valence-corrected chi connectivity index (χ0v) is 16.2. The summed E-state index contributed by atoms with van der Waals surface area (Å²) in [6.45, 7) is 2.28. The number of aryl methyl sites for hydroxylation is 1. The van der Waals surface area contributed by atoms with Crippen LogP contribution in [0.25, 0.3) is 0 Å². The standard InChI is InChI=1S/C18H17F3N6OS/c1-10-26-27-16(29-10)8-23-14-7-15(25-17(24-14)18(19,20)21)28-9-11-6-12(11)13-4-2-3-5-22-13/h2-5,7,11-12H,6,8-9H2,1H3,(H,23,24,25)/t11-,12+/m1/s1. The van der Waals surface area contributed by atoms with E-state index in [1.54, 1.807) is 13.1 Å². The van der Waals surface area contributed by atoms with Crippen molar-refractivity contribution < 1.29 is 17.9 Å². The van der Waals surface area contributed by atoms with Crippen LogP contribution in [0.15, 0.2) is 30.5 Å². The molecule has 2 atom stereocenters. The van der Waals surface area contributed by atoms with Crippen LogP contribution in [0, 0.1) is 12.8 Å². The van der Waals surface area contributed by atoms with Crippen LogP contribution >= 0.6 is 11.3 Å². The van der Waals surface area contributed by atoms with E-state index in [2.05, 4.69) is 30.5 Å². The molecule has 1 aliphatic carbocycles. The molecule has 152 valence electrons. The lowest BCUT2D eigenvalue weighted by molar-refractivity contribution is -0.145. The SMILES string of the molecule is Cc1nnc(CNc2cc(OC[C@H]3C[C@@H]3c3ccccn3)nc(C(F)(F)F)n2)s1. The molecule has 3 heterocycles. The smallest absolute Gasteiger partial charge is 0.451 e. The maximum Gasteiger partial charge on any atom is 0.451 e. The lowest BCUT2D eigenvalue weighted by Crippen LogP contribution is -2.15. The van der Waals surface area contributed by atoms with Gasteiger partial charge < -0.3 is 10.1 Å². The van der Waals surface area contributed by atoms with Crippen molar-refractivity contribution in [3.63, 3.8) is 0 Å². The quantitative estimate of drug-likeness (QED) is 0.619. The number of alkyl halides is 3. The zero-order chi connectivity index (χ0) is 20.4. The largest absolute Gasteiger partial charge is 0.477 e. The fourth-order valence-electron chi connectivity index (χ4n) is 2.87. The second-order valence-electron chi connectivity index (χ2n) is 6.65. The Balaban J connectivity index is 1.43. The molecular weight excluding hydrogens is 405 g/mol. The van der Waals surface area contributed by atoms with Gasteiger partial charge in [-0.25, -0.2) is 4.98 Å². The van der Waals surface area contributed by atoms with Gasteiger partial charge in [-0.15, -0.1) is 10.2 Å². The summed E-state index contributed by atoms with van der Waals surface area (Å²) >= 11 is 1.35. The number of ether oxygens (including phenoxy) is 1. The predicted molar refractivity (Wildman–Crippen MR) is 99.6 cm³/mol. The highest BCUT2D eigenvalue weighted by Crippen LogP contribution is 2.46. The van der Waals surface area contributed by atoms with E-state index >= 15 is 0 Å². The van der Waals surface area contributed by atoms with Crippen LogP contribution in [0.1, 0.15) is 33.9 Å². The molecule has 0 bridgehead atoms. The summed E-state index contributed by atoms with van der Waals surface area (Å²) in [5, 5.41) is 12.1. The Morgan fingerprint density at radius 3 is 2.79 bits per heavy atom. The number of rotatable bonds is 7. The first kappa shape index (κ1) is 19.5. The van der Waals surface area contributed by atoms with Gasteiger partial charge in [0.15, 0.2) is 0 Å². The summed E-state index contributed by atoms with van der Waals surface area (Å²) in [6, 6.07) is 7.06. The van der Waals surface area contributed by atoms with Gasteiger partial charge in [-0.1, -0.05) is 17.4 Å². The molecule has 0 aliphatic heterocycles. The molecule has 4 rings (SSSR count). The molecule has 29 heavy (non-hydrogen) atoms. The number of hydrogen-bond acceptors (Lipinski definition) is 8. The molecule has 0 radical (unpaired) electrons. The monoisotopic (exact) mass is 422 g/mol. The molecule has 0 saturated heterocycles. The van der Waals surface area contributed by atoms with E-state index in [0.29, 0.717) is 5.01 Å². The van der Waals surface area contributed by atoms with E-state index in [1.807, 2.05) is 18.2 Å². The van der Waals surface area contributed by atoms with Crippen molar-refractivity contribution in [3.05, 3.63) is 52.0 Å². The van der Waals surface area contributed by atoms with E-state index in [9.17, 15) is 13.2 Å². The highest BCUT2D eigenvalue weighted by atomic mass is 32.1. The maximum absolute atomic E-state index is 13.2. The van der Waals surface area contributed by atoms with Crippen LogP contribution in [0.4, 0.5) is 19.0 Å². The van der Waals surface area contributed by atoms with Crippen molar-refractivity contribution in [2.75, 3.05) is 11.9 Å². The summed E-state index contributed by atoms with van der Waals surface area (Å²) in [4.78, 5) is 11.4. The Hall–Kier alpha value is -2.82. The second kappa shape index (κ2) is 7.90. The third-order valence-electron chi connectivity index (χ3n) is 4.38. The molecular formula is C18H17F3N6OS. The van der Waals surface area contributed by atoms with Gasteiger partial charge in [0.2, 0.25) is 11.7 Å². The topological polar surface area (TPSA) is 85.7 Å². The van der Waals surface area contributed by atoms with Gasteiger partial charge in [0.05, 0.1) is 13.2 Å². The fraction of sp³-hybridized carbons (Fsp3) is 0.389. The minimum Gasteiger partial charge on any atom is -0.477 e. The molecule has 1 N–H and O–H groups in total. The van der Waals surface area contributed by atoms with Gasteiger partial charge >= 0.3 is 6.18 Å². The molecule has 3 aromatic heterocycles. The van der Waals surface area contributed by atoms with Crippen molar-refractivity contribution >= 4 is 17.2 Å². The third-order valence-corrected chi connectivity index (χ3v) is 5.22. The van der Waals surface area contributed by atoms with Gasteiger partial charge in [-0.3, -0.25) is 4.98 Å². The number of halogens is 3. The van der Waals surface area contributed by atoms with E-state index in [-0.39, 0.29) is 36.7 Å². The molecule has 0 amide bonds. The number of nitrogens with one attached hydrogen (secondary N) is 1. The maximum atomic E-state index is 13.2. The van der Waals surface area contributed by atoms with Crippen molar-refractivity contribution in [2.45, 2.75) is 32.0 Å². The number of pyridine rings is 1. The Labute approximate surface area is 168 Å². The molecule has 0 unspecified atom stereocenters. The lowest BCUT2D eigenvalue weighted by Gasteiger charge is -2.12. The Bertz CT molecular complexity index is 981. The van der Waals surface area contributed by atoms with Crippen LogP contribution in [0.2, 0.25) is 0 Å². The molecule has 1 aliphatic rings. The van der Waals surface area contributed by atoms with Gasteiger partial charge in [0.1, 0.15) is 15.8 Å². The third kappa shape index (κ3) is 4.97. The molecule has 7 nitrogen and oxygen atoms in total. The van der Waals surface area contributed by atoms with Gasteiger partial charge in [-0.05, 0) is 25.5 Å². The van der Waals surface area contributed by atoms with Crippen LogP contribution in [-0.4, -0.2) is 31.8 Å². The summed E-state index contributed by atoms with van der Waals surface area (Å²) in [5.74, 6) is -0.876. The minimum atomic E-state index is -4.68.